The van der Waals surface area contributed by atoms with Gasteiger partial charge in [-0.3, -0.25) is 4.99 Å². The van der Waals surface area contributed by atoms with E-state index < -0.39 is 0 Å². The Kier molecular flexibility index (Phi) is 5.96. The molecule has 1 fully saturated rings. The molecule has 3 heterocycles. The number of aliphatic hydroxyl groups is 1. The molecule has 3 aromatic rings. The van der Waals surface area contributed by atoms with E-state index in [-0.39, 0.29) is 0 Å². The van der Waals surface area contributed by atoms with E-state index in [0.29, 0.717) is 5.82 Å². The molecule has 0 atom stereocenters. The highest BCUT2D eigenvalue weighted by Crippen LogP contribution is 2.34. The maximum Gasteiger partial charge on any atom is 0.132 e. The lowest BCUT2D eigenvalue weighted by molar-refractivity contribution is 0.316. The fourth-order valence-corrected chi connectivity index (χ4v) is 4.23. The Balaban J connectivity index is 0.000000948. The van der Waals surface area contributed by atoms with Gasteiger partial charge in [-0.15, -0.1) is 11.3 Å². The topological polar surface area (TPSA) is 84.4 Å². The molecule has 3 aromatic heterocycles. The van der Waals surface area contributed by atoms with Gasteiger partial charge in [-0.05, 0) is 36.6 Å². The van der Waals surface area contributed by atoms with E-state index >= 15 is 0 Å². The van der Waals surface area contributed by atoms with Crippen LogP contribution in [-0.2, 0) is 6.42 Å². The quantitative estimate of drug-likeness (QED) is 0.683. The minimum atomic E-state index is 0.490. The minimum absolute atomic E-state index is 0.490. The van der Waals surface area contributed by atoms with Crippen LogP contribution in [0.15, 0.2) is 35.5 Å². The van der Waals surface area contributed by atoms with Crippen molar-refractivity contribution in [2.24, 2.45) is 10.9 Å². The van der Waals surface area contributed by atoms with Gasteiger partial charge in [0.15, 0.2) is 0 Å². The number of fused-ring (bicyclic) bond motifs is 1. The number of nitrogen functional groups attached to an aromatic ring is 1. The third kappa shape index (κ3) is 3.92. The maximum atomic E-state index is 7.00. The Morgan fingerprint density at radius 3 is 2.81 bits per heavy atom. The lowest BCUT2D eigenvalue weighted by Crippen LogP contribution is -2.12. The Bertz CT molecular complexity index is 915. The van der Waals surface area contributed by atoms with Crippen molar-refractivity contribution in [2.75, 3.05) is 19.9 Å². The number of nitrogens with two attached hydrogens (primary N) is 1. The molecular formula is C20H24N4OS. The largest absolute Gasteiger partial charge is 0.400 e. The Morgan fingerprint density at radius 1 is 1.31 bits per heavy atom. The fraction of sp³-hybridized carbons (Fsp3) is 0.350. The highest BCUT2D eigenvalue weighted by Gasteiger charge is 2.19. The van der Waals surface area contributed by atoms with E-state index in [9.17, 15) is 0 Å². The second-order valence-corrected chi connectivity index (χ2v) is 7.51. The SMILES string of the molecule is CN=Cc1cc(-c2ccc3cc(CC4CCC4)sc3n2)cnc1N.CO. The van der Waals surface area contributed by atoms with Crippen molar-refractivity contribution in [2.45, 2.75) is 25.7 Å². The number of anilines is 1. The average molecular weight is 369 g/mol. The number of aliphatic hydroxyl groups excluding tert-OH is 1. The van der Waals surface area contributed by atoms with E-state index in [4.69, 9.17) is 15.8 Å². The van der Waals surface area contributed by atoms with Gasteiger partial charge in [-0.2, -0.15) is 0 Å². The van der Waals surface area contributed by atoms with Gasteiger partial charge in [0, 0.05) is 48.0 Å². The van der Waals surface area contributed by atoms with Crippen molar-refractivity contribution in [3.8, 4) is 11.3 Å². The number of aromatic nitrogens is 2. The molecule has 0 bridgehead atoms. The van der Waals surface area contributed by atoms with Crippen LogP contribution in [0.4, 0.5) is 5.82 Å². The van der Waals surface area contributed by atoms with Crippen molar-refractivity contribution in [3.05, 3.63) is 40.9 Å². The van der Waals surface area contributed by atoms with Gasteiger partial charge >= 0.3 is 0 Å². The van der Waals surface area contributed by atoms with Crippen molar-refractivity contribution < 1.29 is 5.11 Å². The number of pyridine rings is 2. The zero-order valence-electron chi connectivity index (χ0n) is 15.1. The number of nitrogens with zero attached hydrogens (tertiary/aromatic N) is 3. The van der Waals surface area contributed by atoms with Gasteiger partial charge in [0.1, 0.15) is 10.6 Å². The van der Waals surface area contributed by atoms with E-state index in [1.54, 1.807) is 19.5 Å². The molecule has 4 rings (SSSR count). The monoisotopic (exact) mass is 368 g/mol. The molecule has 0 aliphatic heterocycles. The van der Waals surface area contributed by atoms with Crippen LogP contribution < -0.4 is 5.73 Å². The second kappa shape index (κ2) is 8.38. The normalized spacial score (nSPS) is 14.3. The summed E-state index contributed by atoms with van der Waals surface area (Å²) in [6.07, 6.45) is 8.87. The summed E-state index contributed by atoms with van der Waals surface area (Å²) in [5, 5.41) is 8.23. The summed E-state index contributed by atoms with van der Waals surface area (Å²) < 4.78 is 0. The summed E-state index contributed by atoms with van der Waals surface area (Å²) in [6.45, 7) is 0. The van der Waals surface area contributed by atoms with Gasteiger partial charge in [0.25, 0.3) is 0 Å². The standard InChI is InChI=1S/C19H20N4S.CH4O/c1-21-10-15-8-14(11-22-18(15)20)17-6-5-13-9-16(24-19(13)23-17)7-12-3-2-4-12;1-2/h5-6,8-12H,2-4,7H2,1H3,(H2,20,22);2H,1H3. The highest BCUT2D eigenvalue weighted by molar-refractivity contribution is 7.18. The molecule has 1 aliphatic carbocycles. The molecule has 0 radical (unpaired) electrons. The van der Waals surface area contributed by atoms with E-state index in [1.165, 1.54) is 35.9 Å². The lowest BCUT2D eigenvalue weighted by atomic mass is 9.83. The zero-order valence-corrected chi connectivity index (χ0v) is 16.0. The fourth-order valence-electron chi connectivity index (χ4n) is 3.09. The van der Waals surface area contributed by atoms with E-state index in [2.05, 4.69) is 28.2 Å². The van der Waals surface area contributed by atoms with E-state index in [0.717, 1.165) is 34.7 Å². The molecule has 136 valence electrons. The maximum absolute atomic E-state index is 7.00. The summed E-state index contributed by atoms with van der Waals surface area (Å²) in [7, 11) is 2.73. The summed E-state index contributed by atoms with van der Waals surface area (Å²) >= 11 is 1.82. The summed E-state index contributed by atoms with van der Waals surface area (Å²) in [5.41, 5.74) is 8.62. The van der Waals surface area contributed by atoms with Crippen molar-refractivity contribution in [1.29, 1.82) is 0 Å². The van der Waals surface area contributed by atoms with Crippen LogP contribution in [-0.4, -0.2) is 35.4 Å². The molecule has 1 saturated carbocycles. The van der Waals surface area contributed by atoms with Crippen LogP contribution in [0.1, 0.15) is 29.7 Å². The molecule has 0 aromatic carbocycles. The number of hydrogen-bond acceptors (Lipinski definition) is 6. The van der Waals surface area contributed by atoms with Crippen molar-refractivity contribution in [3.63, 3.8) is 0 Å². The van der Waals surface area contributed by atoms with Crippen LogP contribution in [0.5, 0.6) is 0 Å². The van der Waals surface area contributed by atoms with Crippen molar-refractivity contribution >= 4 is 33.6 Å². The first kappa shape index (κ1) is 18.5. The molecule has 0 amide bonds. The zero-order chi connectivity index (χ0) is 18.5. The molecule has 0 spiro atoms. The Labute approximate surface area is 157 Å². The summed E-state index contributed by atoms with van der Waals surface area (Å²) in [5.74, 6) is 1.37. The smallest absolute Gasteiger partial charge is 0.132 e. The Morgan fingerprint density at radius 2 is 2.12 bits per heavy atom. The van der Waals surface area contributed by atoms with E-state index in [1.807, 2.05) is 17.4 Å². The molecule has 26 heavy (non-hydrogen) atoms. The molecule has 0 unspecified atom stereocenters. The van der Waals surface area contributed by atoms with Crippen molar-refractivity contribution in [1.82, 2.24) is 9.97 Å². The highest BCUT2D eigenvalue weighted by atomic mass is 32.1. The van der Waals surface area contributed by atoms with Crippen LogP contribution in [0.25, 0.3) is 21.5 Å². The first-order chi connectivity index (χ1) is 12.7. The van der Waals surface area contributed by atoms with Gasteiger partial charge in [-0.1, -0.05) is 19.3 Å². The molecule has 6 heteroatoms. The molecule has 5 nitrogen and oxygen atoms in total. The van der Waals surface area contributed by atoms with Crippen LogP contribution in [0, 0.1) is 5.92 Å². The van der Waals surface area contributed by atoms with Gasteiger partial charge in [0.2, 0.25) is 0 Å². The first-order valence-corrected chi connectivity index (χ1v) is 9.57. The molecule has 1 aliphatic rings. The van der Waals surface area contributed by atoms with Crippen LogP contribution in [0.3, 0.4) is 0 Å². The molecule has 3 N–H and O–H groups in total. The van der Waals surface area contributed by atoms with Crippen LogP contribution >= 0.6 is 11.3 Å². The minimum Gasteiger partial charge on any atom is -0.400 e. The van der Waals surface area contributed by atoms with Crippen LogP contribution in [0.2, 0.25) is 0 Å². The summed E-state index contributed by atoms with van der Waals surface area (Å²) in [6, 6.07) is 8.50. The average Bonchev–Trinajstić information content (AvgIpc) is 3.04. The third-order valence-electron chi connectivity index (χ3n) is 4.66. The third-order valence-corrected chi connectivity index (χ3v) is 5.73. The molecular weight excluding hydrogens is 344 g/mol. The molecule has 0 saturated heterocycles. The first-order valence-electron chi connectivity index (χ1n) is 8.75. The number of thiophene rings is 1. The predicted octanol–water partition coefficient (Wildman–Crippen LogP) is 3.94. The number of rotatable bonds is 4. The number of aliphatic imine (C=N–C) groups is 1. The van der Waals surface area contributed by atoms with Gasteiger partial charge < -0.3 is 10.8 Å². The van der Waals surface area contributed by atoms with Gasteiger partial charge in [-0.25, -0.2) is 9.97 Å². The second-order valence-electron chi connectivity index (χ2n) is 6.39. The predicted molar refractivity (Wildman–Crippen MR) is 110 cm³/mol. The summed E-state index contributed by atoms with van der Waals surface area (Å²) in [4.78, 5) is 15.7. The Hall–Kier alpha value is -2.31. The van der Waals surface area contributed by atoms with Gasteiger partial charge in [0.05, 0.1) is 5.69 Å². The lowest BCUT2D eigenvalue weighted by Gasteiger charge is -2.24. The number of hydrogen-bond donors (Lipinski definition) is 2.